The van der Waals surface area contributed by atoms with Gasteiger partial charge in [0.05, 0.1) is 11.9 Å². The summed E-state index contributed by atoms with van der Waals surface area (Å²) in [7, 11) is -3.53. The first kappa shape index (κ1) is 29.4. The van der Waals surface area contributed by atoms with E-state index >= 15 is 0 Å². The number of unbranched alkanes of at least 4 members (excludes halogenated alkanes) is 1. The summed E-state index contributed by atoms with van der Waals surface area (Å²) < 4.78 is 26.5. The number of hydrogen-bond acceptors (Lipinski definition) is 4. The molecule has 2 rings (SSSR count). The van der Waals surface area contributed by atoms with Crippen molar-refractivity contribution in [3.8, 4) is 0 Å². The van der Waals surface area contributed by atoms with E-state index in [1.807, 2.05) is 63.2 Å². The molecule has 2 aromatic carbocycles. The molecule has 1 atom stereocenters. The van der Waals surface area contributed by atoms with Crippen LogP contribution in [0.3, 0.4) is 0 Å². The maximum absolute atomic E-state index is 13.4. The van der Waals surface area contributed by atoms with Gasteiger partial charge in [-0.1, -0.05) is 55.3 Å². The minimum absolute atomic E-state index is 0.134. The molecule has 0 heterocycles. The molecule has 1 N–H and O–H groups in total. The van der Waals surface area contributed by atoms with Crippen LogP contribution in [0.2, 0.25) is 0 Å². The van der Waals surface area contributed by atoms with Crippen LogP contribution in [-0.4, -0.2) is 50.5 Å². The summed E-state index contributed by atoms with van der Waals surface area (Å²) in [5.41, 5.74) is 4.51. The summed E-state index contributed by atoms with van der Waals surface area (Å²) >= 11 is 0. The zero-order valence-corrected chi connectivity index (χ0v) is 23.3. The molecule has 2 aromatic rings. The Labute approximate surface area is 216 Å². The van der Waals surface area contributed by atoms with Crippen LogP contribution in [0.1, 0.15) is 61.8 Å². The molecule has 0 aliphatic rings. The second kappa shape index (κ2) is 13.4. The summed E-state index contributed by atoms with van der Waals surface area (Å²) in [4.78, 5) is 27.7. The van der Waals surface area contributed by atoms with Gasteiger partial charge >= 0.3 is 0 Å². The Hall–Kier alpha value is -2.87. The zero-order valence-electron chi connectivity index (χ0n) is 22.5. The summed E-state index contributed by atoms with van der Waals surface area (Å²) in [5, 5.41) is 2.92. The molecular formula is C28H41N3O4S. The Morgan fingerprint density at radius 3 is 2.22 bits per heavy atom. The third-order valence-electron chi connectivity index (χ3n) is 6.26. The van der Waals surface area contributed by atoms with Crippen LogP contribution < -0.4 is 9.62 Å². The lowest BCUT2D eigenvalue weighted by Crippen LogP contribution is -2.48. The molecule has 0 aromatic heterocycles. The Kier molecular flexibility index (Phi) is 11.0. The first-order chi connectivity index (χ1) is 16.9. The predicted molar refractivity (Wildman–Crippen MR) is 146 cm³/mol. The van der Waals surface area contributed by atoms with E-state index in [-0.39, 0.29) is 24.8 Å². The molecule has 0 radical (unpaired) electrons. The predicted octanol–water partition coefficient (Wildman–Crippen LogP) is 4.49. The maximum atomic E-state index is 13.4. The highest BCUT2D eigenvalue weighted by Gasteiger charge is 2.26. The highest BCUT2D eigenvalue weighted by molar-refractivity contribution is 7.92. The number of rotatable bonds is 13. The number of hydrogen-bond donors (Lipinski definition) is 1. The molecule has 198 valence electrons. The SMILES string of the molecule is CCCCNC(=O)[C@@H](C)N(Cc1ccc(C)cc1)C(=O)CCCN(c1cc(C)ccc1C)S(C)(=O)=O. The summed E-state index contributed by atoms with van der Waals surface area (Å²) in [5.74, 6) is -0.361. The van der Waals surface area contributed by atoms with Crippen molar-refractivity contribution in [2.24, 2.45) is 0 Å². The smallest absolute Gasteiger partial charge is 0.242 e. The van der Waals surface area contributed by atoms with Gasteiger partial charge in [0.1, 0.15) is 6.04 Å². The minimum atomic E-state index is -3.53. The minimum Gasteiger partial charge on any atom is -0.354 e. The average Bonchev–Trinajstić information content (AvgIpc) is 2.82. The van der Waals surface area contributed by atoms with Gasteiger partial charge in [-0.3, -0.25) is 13.9 Å². The normalized spacial score (nSPS) is 12.2. The molecule has 0 saturated heterocycles. The van der Waals surface area contributed by atoms with Crippen molar-refractivity contribution < 1.29 is 18.0 Å². The van der Waals surface area contributed by atoms with Gasteiger partial charge in [0.15, 0.2) is 0 Å². The van der Waals surface area contributed by atoms with E-state index in [1.54, 1.807) is 11.8 Å². The average molecular weight is 516 g/mol. The van der Waals surface area contributed by atoms with Crippen LogP contribution in [0.4, 0.5) is 5.69 Å². The molecule has 0 bridgehead atoms. The largest absolute Gasteiger partial charge is 0.354 e. The summed E-state index contributed by atoms with van der Waals surface area (Å²) in [6.45, 7) is 10.7. The van der Waals surface area contributed by atoms with Crippen molar-refractivity contribution in [3.05, 3.63) is 64.7 Å². The van der Waals surface area contributed by atoms with Crippen molar-refractivity contribution in [2.45, 2.75) is 72.9 Å². The fourth-order valence-corrected chi connectivity index (χ4v) is 4.99. The quantitative estimate of drug-likeness (QED) is 0.398. The van der Waals surface area contributed by atoms with E-state index in [4.69, 9.17) is 0 Å². The Bertz CT molecular complexity index is 1130. The van der Waals surface area contributed by atoms with Crippen LogP contribution in [0.15, 0.2) is 42.5 Å². The van der Waals surface area contributed by atoms with Gasteiger partial charge in [-0.2, -0.15) is 0 Å². The Balaban J connectivity index is 2.17. The number of carbonyl (C=O) groups is 2. The van der Waals surface area contributed by atoms with E-state index in [1.165, 1.54) is 10.6 Å². The van der Waals surface area contributed by atoms with Gasteiger partial charge in [0.2, 0.25) is 21.8 Å². The number of carbonyl (C=O) groups excluding carboxylic acids is 2. The first-order valence-electron chi connectivity index (χ1n) is 12.6. The number of nitrogens with zero attached hydrogens (tertiary/aromatic N) is 2. The van der Waals surface area contributed by atoms with Gasteiger partial charge in [-0.25, -0.2) is 8.42 Å². The van der Waals surface area contributed by atoms with E-state index in [2.05, 4.69) is 12.2 Å². The molecule has 0 unspecified atom stereocenters. The number of benzene rings is 2. The van der Waals surface area contributed by atoms with Gasteiger partial charge in [-0.05, 0) is 63.3 Å². The van der Waals surface area contributed by atoms with Crippen molar-refractivity contribution in [3.63, 3.8) is 0 Å². The van der Waals surface area contributed by atoms with Crippen LogP contribution in [-0.2, 0) is 26.2 Å². The summed E-state index contributed by atoms with van der Waals surface area (Å²) in [6, 6.07) is 12.9. The molecule has 0 aliphatic carbocycles. The molecule has 0 fully saturated rings. The van der Waals surface area contributed by atoms with Crippen LogP contribution in [0, 0.1) is 20.8 Å². The van der Waals surface area contributed by atoms with Crippen LogP contribution in [0.5, 0.6) is 0 Å². The molecular weight excluding hydrogens is 474 g/mol. The van der Waals surface area contributed by atoms with Gasteiger partial charge in [0.25, 0.3) is 0 Å². The second-order valence-electron chi connectivity index (χ2n) is 9.56. The number of aryl methyl sites for hydroxylation is 3. The highest BCUT2D eigenvalue weighted by Crippen LogP contribution is 2.24. The van der Waals surface area contributed by atoms with Crippen LogP contribution in [0.25, 0.3) is 0 Å². The van der Waals surface area contributed by atoms with E-state index in [0.717, 1.165) is 35.1 Å². The van der Waals surface area contributed by atoms with Gasteiger partial charge in [0, 0.05) is 26.1 Å². The Morgan fingerprint density at radius 1 is 0.972 bits per heavy atom. The zero-order chi connectivity index (χ0) is 26.9. The van der Waals surface area contributed by atoms with E-state index < -0.39 is 16.1 Å². The summed E-state index contributed by atoms with van der Waals surface area (Å²) in [6.07, 6.45) is 3.51. The van der Waals surface area contributed by atoms with Crippen LogP contribution >= 0.6 is 0 Å². The third kappa shape index (κ3) is 8.66. The molecule has 36 heavy (non-hydrogen) atoms. The highest BCUT2D eigenvalue weighted by atomic mass is 32.2. The molecule has 0 aliphatic heterocycles. The lowest BCUT2D eigenvalue weighted by atomic mass is 10.1. The van der Waals surface area contributed by atoms with Gasteiger partial charge in [-0.15, -0.1) is 0 Å². The fraction of sp³-hybridized carbons (Fsp3) is 0.500. The lowest BCUT2D eigenvalue weighted by Gasteiger charge is -2.29. The number of nitrogens with one attached hydrogen (secondary N) is 1. The number of sulfonamides is 1. The third-order valence-corrected chi connectivity index (χ3v) is 7.44. The molecule has 2 amide bonds. The topological polar surface area (TPSA) is 86.8 Å². The van der Waals surface area contributed by atoms with Gasteiger partial charge < -0.3 is 10.2 Å². The number of amides is 2. The molecule has 7 nitrogen and oxygen atoms in total. The Morgan fingerprint density at radius 2 is 1.61 bits per heavy atom. The van der Waals surface area contributed by atoms with E-state index in [9.17, 15) is 18.0 Å². The molecule has 0 spiro atoms. The fourth-order valence-electron chi connectivity index (χ4n) is 3.98. The van der Waals surface area contributed by atoms with E-state index in [0.29, 0.717) is 25.2 Å². The van der Waals surface area contributed by atoms with Crippen molar-refractivity contribution in [1.82, 2.24) is 10.2 Å². The monoisotopic (exact) mass is 515 g/mol. The molecule has 0 saturated carbocycles. The maximum Gasteiger partial charge on any atom is 0.242 e. The van der Waals surface area contributed by atoms with Crippen molar-refractivity contribution in [1.29, 1.82) is 0 Å². The molecule has 8 heteroatoms. The first-order valence-corrected chi connectivity index (χ1v) is 14.5. The van der Waals surface area contributed by atoms with Crippen molar-refractivity contribution >= 4 is 27.5 Å². The second-order valence-corrected chi connectivity index (χ2v) is 11.5. The standard InChI is InChI=1S/C28H41N3O4S/c1-7-8-17-29-28(33)24(5)30(20-25-15-12-21(2)13-16-25)27(32)10-9-18-31(36(6,34)35)26-19-22(3)11-14-23(26)4/h11-16,19,24H,7-10,17-18,20H2,1-6H3,(H,29,33)/t24-/m1/s1. The lowest BCUT2D eigenvalue weighted by molar-refractivity contribution is -0.140. The number of anilines is 1. The van der Waals surface area contributed by atoms with Crippen molar-refractivity contribution in [2.75, 3.05) is 23.7 Å².